The van der Waals surface area contributed by atoms with Crippen LogP contribution in [-0.2, 0) is 5.41 Å². The molecule has 0 unspecified atom stereocenters. The molecule has 0 aliphatic carbocycles. The number of benzene rings is 5. The van der Waals surface area contributed by atoms with Gasteiger partial charge in [0.25, 0.3) is 0 Å². The summed E-state index contributed by atoms with van der Waals surface area (Å²) in [4.78, 5) is 0. The molecule has 1 heterocycles. The summed E-state index contributed by atoms with van der Waals surface area (Å²) >= 11 is 0. The summed E-state index contributed by atoms with van der Waals surface area (Å²) in [6, 6.07) is 43.8. The van der Waals surface area contributed by atoms with Gasteiger partial charge in [-0.1, -0.05) is 130 Å². The van der Waals surface area contributed by atoms with Gasteiger partial charge in [-0.05, 0) is 39.8 Å². The second kappa shape index (κ2) is 8.29. The Hall–Kier alpha value is -4.10. The van der Waals surface area contributed by atoms with Gasteiger partial charge in [-0.3, -0.25) is 0 Å². The molecule has 0 atom stereocenters. The smallest absolute Gasteiger partial charge is 0.0619 e. The van der Waals surface area contributed by atoms with Crippen LogP contribution in [0.1, 0.15) is 26.3 Å². The fourth-order valence-electron chi connectivity index (χ4n) is 5.49. The van der Waals surface area contributed by atoms with E-state index in [0.29, 0.717) is 0 Å². The quantitative estimate of drug-likeness (QED) is 0.252. The number of fused-ring (bicyclic) bond motifs is 3. The van der Waals surface area contributed by atoms with E-state index >= 15 is 0 Å². The van der Waals surface area contributed by atoms with Crippen molar-refractivity contribution in [1.29, 1.82) is 0 Å². The third kappa shape index (κ3) is 3.56. The first-order valence-electron chi connectivity index (χ1n) is 12.3. The van der Waals surface area contributed by atoms with Crippen molar-refractivity contribution in [2.45, 2.75) is 26.2 Å². The molecule has 0 bridgehead atoms. The fourth-order valence-corrected chi connectivity index (χ4v) is 5.49. The average Bonchev–Trinajstić information content (AvgIpc) is 3.23. The van der Waals surface area contributed by atoms with Crippen molar-refractivity contribution < 1.29 is 0 Å². The molecule has 1 heteroatoms. The van der Waals surface area contributed by atoms with Crippen LogP contribution in [0.3, 0.4) is 0 Å². The minimum atomic E-state index is -0.0544. The van der Waals surface area contributed by atoms with E-state index in [9.17, 15) is 0 Å². The average molecular weight is 452 g/mol. The molecule has 0 N–H and O–H groups in total. The normalized spacial score (nSPS) is 11.9. The first-order valence-corrected chi connectivity index (χ1v) is 12.3. The third-order valence-electron chi connectivity index (χ3n) is 6.90. The lowest BCUT2D eigenvalue weighted by atomic mass is 9.80. The number of para-hydroxylation sites is 2. The number of aromatic nitrogens is 1. The van der Waals surface area contributed by atoms with Crippen LogP contribution in [0.5, 0.6) is 0 Å². The van der Waals surface area contributed by atoms with Gasteiger partial charge in [-0.2, -0.15) is 0 Å². The lowest BCUT2D eigenvalue weighted by Crippen LogP contribution is -2.17. The number of hydrogen-bond donors (Lipinski definition) is 0. The highest BCUT2D eigenvalue weighted by atomic mass is 15.0. The molecule has 0 saturated carbocycles. The molecular formula is C34H29N. The van der Waals surface area contributed by atoms with Gasteiger partial charge in [-0.25, -0.2) is 0 Å². The van der Waals surface area contributed by atoms with Crippen LogP contribution in [0, 0.1) is 0 Å². The molecule has 1 nitrogen and oxygen atoms in total. The maximum Gasteiger partial charge on any atom is 0.0619 e. The van der Waals surface area contributed by atoms with Crippen LogP contribution in [0.4, 0.5) is 0 Å². The molecule has 6 rings (SSSR count). The molecule has 170 valence electrons. The van der Waals surface area contributed by atoms with Crippen LogP contribution in [0.15, 0.2) is 121 Å². The number of rotatable bonds is 3. The zero-order valence-corrected chi connectivity index (χ0v) is 20.5. The van der Waals surface area contributed by atoms with Gasteiger partial charge in [0.15, 0.2) is 0 Å². The van der Waals surface area contributed by atoms with Gasteiger partial charge in [-0.15, -0.1) is 0 Å². The van der Waals surface area contributed by atoms with Crippen LogP contribution < -0.4 is 0 Å². The summed E-state index contributed by atoms with van der Waals surface area (Å²) in [7, 11) is 0. The summed E-state index contributed by atoms with van der Waals surface area (Å²) in [5.41, 5.74) is 10.1. The van der Waals surface area contributed by atoms with Gasteiger partial charge in [0, 0.05) is 16.3 Å². The van der Waals surface area contributed by atoms with Crippen molar-refractivity contribution in [3.05, 3.63) is 127 Å². The van der Waals surface area contributed by atoms with E-state index in [4.69, 9.17) is 0 Å². The highest BCUT2D eigenvalue weighted by Gasteiger charge is 2.26. The van der Waals surface area contributed by atoms with Gasteiger partial charge in [0.1, 0.15) is 0 Å². The van der Waals surface area contributed by atoms with Crippen molar-refractivity contribution >= 4 is 21.8 Å². The maximum atomic E-state index is 2.50. The topological polar surface area (TPSA) is 4.93 Å². The molecule has 35 heavy (non-hydrogen) atoms. The molecule has 1 aromatic heterocycles. The Labute approximate surface area is 207 Å². The van der Waals surface area contributed by atoms with E-state index in [-0.39, 0.29) is 5.41 Å². The summed E-state index contributed by atoms with van der Waals surface area (Å²) in [5.74, 6) is 0. The van der Waals surface area contributed by atoms with Crippen molar-refractivity contribution in [3.63, 3.8) is 0 Å². The second-order valence-corrected chi connectivity index (χ2v) is 10.2. The van der Waals surface area contributed by atoms with E-state index in [1.165, 1.54) is 55.3 Å². The Morgan fingerprint density at radius 3 is 1.71 bits per heavy atom. The highest BCUT2D eigenvalue weighted by molar-refractivity contribution is 6.14. The molecule has 0 amide bonds. The third-order valence-corrected chi connectivity index (χ3v) is 6.90. The Morgan fingerprint density at radius 1 is 0.486 bits per heavy atom. The van der Waals surface area contributed by atoms with E-state index in [1.807, 2.05) is 0 Å². The Bertz CT molecular complexity index is 1650. The van der Waals surface area contributed by atoms with E-state index < -0.39 is 0 Å². The Balaban J connectivity index is 1.79. The van der Waals surface area contributed by atoms with Crippen LogP contribution in [-0.4, -0.2) is 4.57 Å². The van der Waals surface area contributed by atoms with Crippen LogP contribution in [0.25, 0.3) is 49.7 Å². The van der Waals surface area contributed by atoms with E-state index in [2.05, 4.69) is 147 Å². The molecule has 0 spiro atoms. The standard InChI is InChI=1S/C34H29N/c1-34(2,3)32-26(24-14-6-4-7-15-24)19-13-23-31(32)35-30-22-11-10-18-28(30)29-21-12-20-27(33(29)35)25-16-8-5-9-17-25/h4-23H,1-3H3. The van der Waals surface area contributed by atoms with Crippen molar-refractivity contribution in [2.24, 2.45) is 0 Å². The van der Waals surface area contributed by atoms with Crippen LogP contribution >= 0.6 is 0 Å². The number of nitrogens with zero attached hydrogens (tertiary/aromatic N) is 1. The largest absolute Gasteiger partial charge is 0.308 e. The zero-order chi connectivity index (χ0) is 24.0. The molecule has 0 fully saturated rings. The first-order chi connectivity index (χ1) is 17.0. The highest BCUT2D eigenvalue weighted by Crippen LogP contribution is 2.43. The maximum absolute atomic E-state index is 2.50. The molecular weight excluding hydrogens is 422 g/mol. The van der Waals surface area contributed by atoms with Gasteiger partial charge >= 0.3 is 0 Å². The Morgan fingerprint density at radius 2 is 1.03 bits per heavy atom. The number of hydrogen-bond acceptors (Lipinski definition) is 0. The second-order valence-electron chi connectivity index (χ2n) is 10.2. The zero-order valence-electron chi connectivity index (χ0n) is 20.5. The predicted octanol–water partition coefficient (Wildman–Crippen LogP) is 9.42. The summed E-state index contributed by atoms with van der Waals surface area (Å²) in [6.45, 7) is 6.97. The van der Waals surface area contributed by atoms with Gasteiger partial charge in [0.2, 0.25) is 0 Å². The summed E-state index contributed by atoms with van der Waals surface area (Å²) in [5, 5.41) is 2.57. The molecule has 0 aliphatic rings. The SMILES string of the molecule is CC(C)(C)c1c(-c2ccccc2)cccc1-n1c2ccccc2c2cccc(-c3ccccc3)c21. The van der Waals surface area contributed by atoms with Crippen molar-refractivity contribution in [1.82, 2.24) is 4.57 Å². The van der Waals surface area contributed by atoms with E-state index in [1.54, 1.807) is 0 Å². The lowest BCUT2D eigenvalue weighted by molar-refractivity contribution is 0.589. The van der Waals surface area contributed by atoms with E-state index in [0.717, 1.165) is 0 Å². The van der Waals surface area contributed by atoms with Crippen molar-refractivity contribution in [3.8, 4) is 27.9 Å². The van der Waals surface area contributed by atoms with Crippen LogP contribution in [0.2, 0.25) is 0 Å². The molecule has 6 aromatic rings. The minimum absolute atomic E-state index is 0.0544. The summed E-state index contributed by atoms with van der Waals surface area (Å²) in [6.07, 6.45) is 0. The lowest BCUT2D eigenvalue weighted by Gasteiger charge is -2.28. The predicted molar refractivity (Wildman–Crippen MR) is 150 cm³/mol. The summed E-state index contributed by atoms with van der Waals surface area (Å²) < 4.78 is 2.50. The van der Waals surface area contributed by atoms with Crippen molar-refractivity contribution in [2.75, 3.05) is 0 Å². The minimum Gasteiger partial charge on any atom is -0.308 e. The first kappa shape index (κ1) is 21.4. The molecule has 0 saturated heterocycles. The molecule has 0 aliphatic heterocycles. The Kier molecular flexibility index (Phi) is 5.07. The molecule has 5 aromatic carbocycles. The fraction of sp³-hybridized carbons (Fsp3) is 0.118. The van der Waals surface area contributed by atoms with Gasteiger partial charge in [0.05, 0.1) is 16.7 Å². The molecule has 0 radical (unpaired) electrons. The monoisotopic (exact) mass is 451 g/mol. The van der Waals surface area contributed by atoms with Gasteiger partial charge < -0.3 is 4.57 Å².